The summed E-state index contributed by atoms with van der Waals surface area (Å²) in [7, 11) is 0. The van der Waals surface area contributed by atoms with Gasteiger partial charge in [0.2, 0.25) is 0 Å². The van der Waals surface area contributed by atoms with Crippen molar-refractivity contribution in [2.45, 2.75) is 19.9 Å². The lowest BCUT2D eigenvalue weighted by Crippen LogP contribution is -2.05. The normalized spacial score (nSPS) is 11.2. The van der Waals surface area contributed by atoms with Crippen LogP contribution in [0, 0.1) is 5.82 Å². The first-order valence-corrected chi connectivity index (χ1v) is 7.99. The van der Waals surface area contributed by atoms with Gasteiger partial charge in [-0.15, -0.1) is 0 Å². The Labute approximate surface area is 145 Å². The second-order valence-electron chi connectivity index (χ2n) is 5.53. The lowest BCUT2D eigenvalue weighted by Gasteiger charge is -2.13. The van der Waals surface area contributed by atoms with Gasteiger partial charge in [-0.05, 0) is 54.0 Å². The minimum atomic E-state index is -1.13. The van der Waals surface area contributed by atoms with Crippen LogP contribution in [-0.2, 0) is 0 Å². The minimum Gasteiger partial charge on any atom is -0.478 e. The largest absolute Gasteiger partial charge is 0.478 e. The van der Waals surface area contributed by atoms with Gasteiger partial charge in [0.05, 0.1) is 23.1 Å². The highest BCUT2D eigenvalue weighted by molar-refractivity contribution is 9.10. The molecule has 2 heterocycles. The minimum absolute atomic E-state index is 0.0116. The first-order valence-electron chi connectivity index (χ1n) is 7.19. The number of aromatic carboxylic acids is 1. The molecule has 0 aliphatic heterocycles. The number of hydrogen-bond donors (Lipinski definition) is 2. The molecule has 3 aromatic rings. The summed E-state index contributed by atoms with van der Waals surface area (Å²) in [6, 6.07) is 5.46. The van der Waals surface area contributed by atoms with E-state index in [-0.39, 0.29) is 17.3 Å². The van der Waals surface area contributed by atoms with Crippen molar-refractivity contribution >= 4 is 44.4 Å². The molecule has 0 radical (unpaired) electrons. The number of imidazole rings is 1. The maximum atomic E-state index is 14.1. The quantitative estimate of drug-likeness (QED) is 0.644. The molecule has 3 rings (SSSR count). The fourth-order valence-electron chi connectivity index (χ4n) is 2.39. The molecule has 8 heteroatoms. The Morgan fingerprint density at radius 3 is 2.79 bits per heavy atom. The molecule has 6 nitrogen and oxygen atoms in total. The van der Waals surface area contributed by atoms with Gasteiger partial charge in [0.15, 0.2) is 5.82 Å². The summed E-state index contributed by atoms with van der Waals surface area (Å²) in [5, 5.41) is 12.0. The van der Waals surface area contributed by atoms with Gasteiger partial charge >= 0.3 is 5.97 Å². The lowest BCUT2D eigenvalue weighted by molar-refractivity contribution is 0.0697. The predicted octanol–water partition coefficient (Wildman–Crippen LogP) is 4.36. The van der Waals surface area contributed by atoms with Crippen molar-refractivity contribution in [3.05, 3.63) is 46.6 Å². The van der Waals surface area contributed by atoms with Crippen LogP contribution in [0.25, 0.3) is 11.0 Å². The van der Waals surface area contributed by atoms with Gasteiger partial charge in [0.25, 0.3) is 0 Å². The molecule has 0 aliphatic rings. The Hall–Kier alpha value is -2.48. The van der Waals surface area contributed by atoms with Crippen LogP contribution in [0.15, 0.2) is 35.2 Å². The second-order valence-corrected chi connectivity index (χ2v) is 6.34. The highest BCUT2D eigenvalue weighted by Crippen LogP contribution is 2.30. The summed E-state index contributed by atoms with van der Waals surface area (Å²) in [4.78, 5) is 19.8. The summed E-state index contributed by atoms with van der Waals surface area (Å²) in [6.07, 6.45) is 1.69. The molecule has 0 spiro atoms. The van der Waals surface area contributed by atoms with Crippen molar-refractivity contribution in [3.63, 3.8) is 0 Å². The Morgan fingerprint density at radius 1 is 1.38 bits per heavy atom. The number of nitrogens with zero attached hydrogens (tertiary/aromatic N) is 3. The van der Waals surface area contributed by atoms with E-state index in [1.807, 2.05) is 18.4 Å². The Kier molecular flexibility index (Phi) is 4.23. The molecule has 124 valence electrons. The molecule has 0 aliphatic carbocycles. The van der Waals surface area contributed by atoms with Crippen molar-refractivity contribution in [1.82, 2.24) is 14.5 Å². The predicted molar refractivity (Wildman–Crippen MR) is 92.3 cm³/mol. The Bertz CT molecular complexity index is 939. The average Bonchev–Trinajstić information content (AvgIpc) is 2.93. The number of hydrogen-bond acceptors (Lipinski definition) is 4. The smallest absolute Gasteiger partial charge is 0.335 e. The van der Waals surface area contributed by atoms with E-state index in [1.165, 1.54) is 12.1 Å². The SMILES string of the molecule is CC(C)n1cnc2cc(Br)nc(Nc3cc(C(=O)O)ccc3F)c21. The number of anilines is 2. The molecule has 24 heavy (non-hydrogen) atoms. The van der Waals surface area contributed by atoms with Gasteiger partial charge in [0, 0.05) is 6.04 Å². The third-order valence-corrected chi connectivity index (χ3v) is 3.95. The molecular weight excluding hydrogens is 379 g/mol. The molecule has 0 fully saturated rings. The summed E-state index contributed by atoms with van der Waals surface area (Å²) in [6.45, 7) is 4.00. The summed E-state index contributed by atoms with van der Waals surface area (Å²) >= 11 is 3.31. The number of fused-ring (bicyclic) bond motifs is 1. The number of pyridine rings is 1. The number of carbonyl (C=O) groups is 1. The van der Waals surface area contributed by atoms with Crippen molar-refractivity contribution in [3.8, 4) is 0 Å². The summed E-state index contributed by atoms with van der Waals surface area (Å²) in [5.41, 5.74) is 1.44. The molecule has 2 aromatic heterocycles. The van der Waals surface area contributed by atoms with Gasteiger partial charge in [-0.2, -0.15) is 0 Å². The molecule has 0 unspecified atom stereocenters. The van der Waals surface area contributed by atoms with Crippen LogP contribution in [-0.4, -0.2) is 25.6 Å². The van der Waals surface area contributed by atoms with Crippen molar-refractivity contribution in [2.75, 3.05) is 5.32 Å². The van der Waals surface area contributed by atoms with Gasteiger partial charge in [-0.25, -0.2) is 19.2 Å². The van der Waals surface area contributed by atoms with E-state index < -0.39 is 11.8 Å². The van der Waals surface area contributed by atoms with E-state index in [9.17, 15) is 9.18 Å². The number of nitrogens with one attached hydrogen (secondary N) is 1. The third kappa shape index (κ3) is 2.96. The zero-order valence-electron chi connectivity index (χ0n) is 12.9. The molecule has 0 amide bonds. The van der Waals surface area contributed by atoms with Crippen molar-refractivity contribution in [2.24, 2.45) is 0 Å². The van der Waals surface area contributed by atoms with Gasteiger partial charge in [0.1, 0.15) is 15.9 Å². The maximum Gasteiger partial charge on any atom is 0.335 e. The number of aromatic nitrogens is 3. The van der Waals surface area contributed by atoms with E-state index in [0.717, 1.165) is 6.07 Å². The van der Waals surface area contributed by atoms with Crippen LogP contribution in [0.4, 0.5) is 15.9 Å². The fraction of sp³-hybridized carbons (Fsp3) is 0.188. The number of benzene rings is 1. The summed E-state index contributed by atoms with van der Waals surface area (Å²) < 4.78 is 16.5. The van der Waals surface area contributed by atoms with E-state index >= 15 is 0 Å². The highest BCUT2D eigenvalue weighted by Gasteiger charge is 2.16. The van der Waals surface area contributed by atoms with E-state index in [1.54, 1.807) is 12.4 Å². The molecular formula is C16H14BrFN4O2. The van der Waals surface area contributed by atoms with Crippen LogP contribution in [0.2, 0.25) is 0 Å². The maximum absolute atomic E-state index is 14.1. The second kappa shape index (κ2) is 6.20. The Morgan fingerprint density at radius 2 is 2.12 bits per heavy atom. The van der Waals surface area contributed by atoms with Crippen LogP contribution in [0.5, 0.6) is 0 Å². The van der Waals surface area contributed by atoms with Gasteiger partial charge in [-0.1, -0.05) is 0 Å². The van der Waals surface area contributed by atoms with E-state index in [0.29, 0.717) is 21.5 Å². The zero-order chi connectivity index (χ0) is 17.4. The first-order chi connectivity index (χ1) is 11.4. The Balaban J connectivity index is 2.15. The van der Waals surface area contributed by atoms with Crippen molar-refractivity contribution < 1.29 is 14.3 Å². The number of carboxylic acids is 1. The van der Waals surface area contributed by atoms with E-state index in [4.69, 9.17) is 5.11 Å². The lowest BCUT2D eigenvalue weighted by atomic mass is 10.2. The highest BCUT2D eigenvalue weighted by atomic mass is 79.9. The van der Waals surface area contributed by atoms with E-state index in [2.05, 4.69) is 31.2 Å². The molecule has 0 saturated carbocycles. The standard InChI is InChI=1S/C16H14BrFN4O2/c1-8(2)22-7-19-12-6-13(17)21-15(14(12)22)20-11-5-9(16(23)24)3-4-10(11)18/h3-8H,1-2H3,(H,20,21)(H,23,24). The average molecular weight is 393 g/mol. The van der Waals surface area contributed by atoms with Crippen LogP contribution < -0.4 is 5.32 Å². The zero-order valence-corrected chi connectivity index (χ0v) is 14.5. The molecule has 0 atom stereocenters. The summed E-state index contributed by atoms with van der Waals surface area (Å²) in [5.74, 6) is -1.30. The number of rotatable bonds is 4. The van der Waals surface area contributed by atoms with Gasteiger partial charge in [-0.3, -0.25) is 0 Å². The van der Waals surface area contributed by atoms with Gasteiger partial charge < -0.3 is 15.0 Å². The monoisotopic (exact) mass is 392 g/mol. The molecule has 2 N–H and O–H groups in total. The number of halogens is 2. The third-order valence-electron chi connectivity index (χ3n) is 3.54. The first kappa shape index (κ1) is 16.4. The fourth-order valence-corrected chi connectivity index (χ4v) is 2.78. The van der Waals surface area contributed by atoms with Crippen LogP contribution >= 0.6 is 15.9 Å². The molecule has 0 saturated heterocycles. The molecule has 1 aromatic carbocycles. The van der Waals surface area contributed by atoms with Crippen LogP contribution in [0.3, 0.4) is 0 Å². The van der Waals surface area contributed by atoms with Crippen molar-refractivity contribution in [1.29, 1.82) is 0 Å². The van der Waals surface area contributed by atoms with Crippen LogP contribution in [0.1, 0.15) is 30.2 Å². The number of carboxylic acid groups (broad SMARTS) is 1. The molecule has 0 bridgehead atoms. The topological polar surface area (TPSA) is 80.0 Å².